The smallest absolute Gasteiger partial charge is 0.253 e. The van der Waals surface area contributed by atoms with Gasteiger partial charge < -0.3 is 20.9 Å². The van der Waals surface area contributed by atoms with Gasteiger partial charge in [-0.2, -0.15) is 0 Å². The van der Waals surface area contributed by atoms with Crippen LogP contribution in [0, 0.1) is 5.41 Å². The predicted molar refractivity (Wildman–Crippen MR) is 96.5 cm³/mol. The minimum Gasteiger partial charge on any atom is -0.398 e. The highest BCUT2D eigenvalue weighted by Crippen LogP contribution is 2.45. The molecule has 6 heteroatoms. The number of hydrogen-bond donors (Lipinski definition) is 2. The fraction of sp³-hybridized carbons (Fsp3) is 0.588. The molecule has 0 radical (unpaired) electrons. The summed E-state index contributed by atoms with van der Waals surface area (Å²) in [7, 11) is 2.17. The molecule has 0 atom stereocenters. The Bertz CT molecular complexity index is 580. The average molecular weight is 381 g/mol. The van der Waals surface area contributed by atoms with Crippen molar-refractivity contribution in [3.05, 3.63) is 28.2 Å². The third kappa shape index (κ3) is 4.25. The molecule has 3 rings (SSSR count). The first-order valence-corrected chi connectivity index (χ1v) is 9.01. The molecule has 1 amide bonds. The van der Waals surface area contributed by atoms with E-state index in [-0.39, 0.29) is 11.3 Å². The Hall–Kier alpha value is -1.11. The standard InChI is InChI=1S/C17H25BrN4O/c1-21-6-8-22(9-7-21)12-17(4-5-17)11-20-16(23)14-10-13(18)2-3-15(14)19/h2-3,10H,4-9,11-12,19H2,1H3,(H,20,23). The molecule has 5 nitrogen and oxygen atoms in total. The van der Waals surface area contributed by atoms with Crippen LogP contribution in [-0.2, 0) is 0 Å². The van der Waals surface area contributed by atoms with Crippen molar-refractivity contribution in [3.63, 3.8) is 0 Å². The highest BCUT2D eigenvalue weighted by atomic mass is 79.9. The van der Waals surface area contributed by atoms with Gasteiger partial charge in [-0.25, -0.2) is 0 Å². The molecule has 23 heavy (non-hydrogen) atoms. The lowest BCUT2D eigenvalue weighted by molar-refractivity contribution is 0.0928. The number of nitrogens with zero attached hydrogens (tertiary/aromatic N) is 2. The van der Waals surface area contributed by atoms with Gasteiger partial charge in [-0.3, -0.25) is 4.79 Å². The van der Waals surface area contributed by atoms with Crippen molar-refractivity contribution in [1.29, 1.82) is 0 Å². The SMILES string of the molecule is CN1CCN(CC2(CNC(=O)c3cc(Br)ccc3N)CC2)CC1. The van der Waals surface area contributed by atoms with E-state index < -0.39 is 0 Å². The molecule has 0 bridgehead atoms. The number of carbonyl (C=O) groups excluding carboxylic acids is 1. The number of nitrogen functional groups attached to an aromatic ring is 1. The zero-order chi connectivity index (χ0) is 16.4. The van der Waals surface area contributed by atoms with Gasteiger partial charge in [-0.1, -0.05) is 15.9 Å². The fourth-order valence-corrected chi connectivity index (χ4v) is 3.50. The molecule has 0 spiro atoms. The van der Waals surface area contributed by atoms with E-state index in [0.717, 1.165) is 43.7 Å². The van der Waals surface area contributed by atoms with E-state index >= 15 is 0 Å². The number of amides is 1. The summed E-state index contributed by atoms with van der Waals surface area (Å²) in [5.74, 6) is -0.0755. The lowest BCUT2D eigenvalue weighted by Gasteiger charge is -2.34. The predicted octanol–water partition coefficient (Wildman–Crippen LogP) is 1.79. The molecule has 1 aliphatic carbocycles. The van der Waals surface area contributed by atoms with E-state index in [9.17, 15) is 4.79 Å². The second kappa shape index (κ2) is 6.79. The molecule has 3 N–H and O–H groups in total. The lowest BCUT2D eigenvalue weighted by Crippen LogP contribution is -2.47. The summed E-state index contributed by atoms with van der Waals surface area (Å²) in [6.45, 7) is 6.36. The Kier molecular flexibility index (Phi) is 4.94. The Labute approximate surface area is 146 Å². The van der Waals surface area contributed by atoms with Crippen molar-refractivity contribution in [2.75, 3.05) is 52.0 Å². The van der Waals surface area contributed by atoms with Crippen LogP contribution < -0.4 is 11.1 Å². The third-order valence-corrected chi connectivity index (χ3v) is 5.49. The third-order valence-electron chi connectivity index (χ3n) is 5.00. The maximum atomic E-state index is 12.4. The number of anilines is 1. The van der Waals surface area contributed by atoms with Crippen LogP contribution in [0.3, 0.4) is 0 Å². The molecule has 126 valence electrons. The maximum Gasteiger partial charge on any atom is 0.253 e. The first-order chi connectivity index (χ1) is 11.0. The molecule has 2 aliphatic rings. The average Bonchev–Trinajstić information content (AvgIpc) is 3.30. The molecule has 1 heterocycles. The molecule has 0 unspecified atom stereocenters. The summed E-state index contributed by atoms with van der Waals surface area (Å²) >= 11 is 3.39. The largest absolute Gasteiger partial charge is 0.398 e. The van der Waals surface area contributed by atoms with E-state index in [1.807, 2.05) is 6.07 Å². The second-order valence-electron chi connectivity index (χ2n) is 6.99. The highest BCUT2D eigenvalue weighted by molar-refractivity contribution is 9.10. The van der Waals surface area contributed by atoms with Crippen molar-refractivity contribution in [3.8, 4) is 0 Å². The van der Waals surface area contributed by atoms with Crippen molar-refractivity contribution >= 4 is 27.5 Å². The van der Waals surface area contributed by atoms with Crippen LogP contribution in [-0.4, -0.2) is 62.0 Å². The Balaban J connectivity index is 1.53. The maximum absolute atomic E-state index is 12.4. The molecule has 1 aromatic rings. The van der Waals surface area contributed by atoms with Crippen LogP contribution >= 0.6 is 15.9 Å². The van der Waals surface area contributed by atoms with Crippen molar-refractivity contribution < 1.29 is 4.79 Å². The van der Waals surface area contributed by atoms with E-state index in [1.54, 1.807) is 12.1 Å². The summed E-state index contributed by atoms with van der Waals surface area (Å²) in [6, 6.07) is 5.39. The van der Waals surface area contributed by atoms with E-state index in [0.29, 0.717) is 11.3 Å². The van der Waals surface area contributed by atoms with Gasteiger partial charge in [0, 0.05) is 54.8 Å². The van der Waals surface area contributed by atoms with Gasteiger partial charge in [0.2, 0.25) is 0 Å². The second-order valence-corrected chi connectivity index (χ2v) is 7.91. The van der Waals surface area contributed by atoms with Crippen LogP contribution in [0.25, 0.3) is 0 Å². The van der Waals surface area contributed by atoms with Crippen LogP contribution in [0.1, 0.15) is 23.2 Å². The number of likely N-dealkylation sites (N-methyl/N-ethyl adjacent to an activating group) is 1. The minimum atomic E-state index is -0.0755. The fourth-order valence-electron chi connectivity index (χ4n) is 3.14. The zero-order valence-electron chi connectivity index (χ0n) is 13.6. The number of nitrogens with one attached hydrogen (secondary N) is 1. The summed E-state index contributed by atoms with van der Waals surface area (Å²) in [5, 5.41) is 3.09. The van der Waals surface area contributed by atoms with Gasteiger partial charge in [0.25, 0.3) is 5.91 Å². The minimum absolute atomic E-state index is 0.0755. The van der Waals surface area contributed by atoms with Gasteiger partial charge in [0.15, 0.2) is 0 Å². The number of halogens is 1. The Morgan fingerprint density at radius 2 is 2.00 bits per heavy atom. The summed E-state index contributed by atoms with van der Waals surface area (Å²) < 4.78 is 0.871. The Morgan fingerprint density at radius 1 is 1.30 bits per heavy atom. The van der Waals surface area contributed by atoms with E-state index in [2.05, 4.69) is 38.1 Å². The van der Waals surface area contributed by atoms with Crippen molar-refractivity contribution in [2.45, 2.75) is 12.8 Å². The van der Waals surface area contributed by atoms with Gasteiger partial charge in [0.05, 0.1) is 5.56 Å². The quantitative estimate of drug-likeness (QED) is 0.764. The summed E-state index contributed by atoms with van der Waals surface area (Å²) in [5.41, 5.74) is 7.26. The van der Waals surface area contributed by atoms with Crippen LogP contribution in [0.15, 0.2) is 22.7 Å². The molecular weight excluding hydrogens is 356 g/mol. The number of piperazine rings is 1. The molecule has 1 saturated heterocycles. The number of benzene rings is 1. The first-order valence-electron chi connectivity index (χ1n) is 8.22. The van der Waals surface area contributed by atoms with Crippen LogP contribution in [0.2, 0.25) is 0 Å². The number of hydrogen-bond acceptors (Lipinski definition) is 4. The van der Waals surface area contributed by atoms with Gasteiger partial charge in [-0.05, 0) is 38.1 Å². The molecule has 1 aromatic carbocycles. The number of rotatable bonds is 5. The summed E-state index contributed by atoms with van der Waals surface area (Å²) in [6.07, 6.45) is 2.40. The van der Waals surface area contributed by atoms with Crippen LogP contribution in [0.5, 0.6) is 0 Å². The molecule has 1 saturated carbocycles. The number of nitrogens with two attached hydrogens (primary N) is 1. The monoisotopic (exact) mass is 380 g/mol. The van der Waals surface area contributed by atoms with Crippen LogP contribution in [0.4, 0.5) is 5.69 Å². The van der Waals surface area contributed by atoms with Gasteiger partial charge in [-0.15, -0.1) is 0 Å². The molecule has 0 aromatic heterocycles. The van der Waals surface area contributed by atoms with Crippen molar-refractivity contribution in [2.24, 2.45) is 5.41 Å². The zero-order valence-corrected chi connectivity index (χ0v) is 15.2. The molecule has 1 aliphatic heterocycles. The van der Waals surface area contributed by atoms with Crippen molar-refractivity contribution in [1.82, 2.24) is 15.1 Å². The molecule has 2 fully saturated rings. The number of carbonyl (C=O) groups is 1. The van der Waals surface area contributed by atoms with E-state index in [1.165, 1.54) is 12.8 Å². The highest BCUT2D eigenvalue weighted by Gasteiger charge is 2.44. The Morgan fingerprint density at radius 3 is 2.65 bits per heavy atom. The normalized spacial score (nSPS) is 21.1. The summed E-state index contributed by atoms with van der Waals surface area (Å²) in [4.78, 5) is 17.3. The topological polar surface area (TPSA) is 61.6 Å². The van der Waals surface area contributed by atoms with Gasteiger partial charge in [0.1, 0.15) is 0 Å². The van der Waals surface area contributed by atoms with Gasteiger partial charge >= 0.3 is 0 Å². The first kappa shape index (κ1) is 16.7. The lowest BCUT2D eigenvalue weighted by atomic mass is 10.1. The van der Waals surface area contributed by atoms with E-state index in [4.69, 9.17) is 5.73 Å². The molecular formula is C17H25BrN4O.